The first-order valence-electron chi connectivity index (χ1n) is 5.21. The van der Waals surface area contributed by atoms with Crippen LogP contribution in [0.1, 0.15) is 0 Å². The molecule has 5 nitrogen and oxygen atoms in total. The summed E-state index contributed by atoms with van der Waals surface area (Å²) >= 11 is 0.915. The van der Waals surface area contributed by atoms with Crippen LogP contribution >= 0.6 is 11.8 Å². The van der Waals surface area contributed by atoms with E-state index in [0.717, 1.165) is 23.9 Å². The van der Waals surface area contributed by atoms with E-state index >= 15 is 0 Å². The van der Waals surface area contributed by atoms with Crippen LogP contribution in [0.25, 0.3) is 0 Å². The van der Waals surface area contributed by atoms with Crippen LogP contribution in [0.2, 0.25) is 0 Å². The molecule has 1 aromatic rings. The number of carbonyl (C=O) groups excluding carboxylic acids is 1. The third kappa shape index (κ3) is 6.88. The van der Waals surface area contributed by atoms with Crippen molar-refractivity contribution in [2.45, 2.75) is 6.36 Å². The highest BCUT2D eigenvalue weighted by molar-refractivity contribution is 8.00. The molecule has 20 heavy (non-hydrogen) atoms. The normalized spacial score (nSPS) is 10.9. The number of carbonyl (C=O) groups is 2. The van der Waals surface area contributed by atoms with Gasteiger partial charge < -0.3 is 15.2 Å². The molecule has 1 aromatic carbocycles. The average Bonchev–Trinajstić information content (AvgIpc) is 2.29. The summed E-state index contributed by atoms with van der Waals surface area (Å²) in [6.45, 7) is 0. The summed E-state index contributed by atoms with van der Waals surface area (Å²) in [5, 5.41) is 10.8. The second-order valence-corrected chi connectivity index (χ2v) is 4.49. The van der Waals surface area contributed by atoms with Gasteiger partial charge in [-0.15, -0.1) is 24.9 Å². The summed E-state index contributed by atoms with van der Waals surface area (Å²) in [6, 6.07) is 4.63. The fourth-order valence-electron chi connectivity index (χ4n) is 1.17. The quantitative estimate of drug-likeness (QED) is 0.843. The monoisotopic (exact) mass is 309 g/mol. The first kappa shape index (κ1) is 16.2. The predicted octanol–water partition coefficient (Wildman–Crippen LogP) is 2.34. The van der Waals surface area contributed by atoms with E-state index in [1.807, 2.05) is 0 Å². The second kappa shape index (κ2) is 7.04. The summed E-state index contributed by atoms with van der Waals surface area (Å²) < 4.78 is 39.4. The number of thioether (sulfide) groups is 1. The van der Waals surface area contributed by atoms with Gasteiger partial charge in [-0.25, -0.2) is 0 Å². The van der Waals surface area contributed by atoms with Crippen LogP contribution < -0.4 is 10.1 Å². The van der Waals surface area contributed by atoms with Crippen molar-refractivity contribution in [2.75, 3.05) is 16.8 Å². The number of aliphatic carboxylic acids is 1. The number of hydrogen-bond donors (Lipinski definition) is 2. The number of nitrogens with one attached hydrogen (secondary N) is 1. The van der Waals surface area contributed by atoms with Crippen molar-refractivity contribution in [3.63, 3.8) is 0 Å². The van der Waals surface area contributed by atoms with E-state index in [-0.39, 0.29) is 11.5 Å². The molecule has 0 heterocycles. The summed E-state index contributed by atoms with van der Waals surface area (Å²) in [4.78, 5) is 21.6. The molecular weight excluding hydrogens is 299 g/mol. The molecule has 0 spiro atoms. The number of alkyl halides is 3. The highest BCUT2D eigenvalue weighted by atomic mass is 32.2. The summed E-state index contributed by atoms with van der Waals surface area (Å²) in [7, 11) is 0. The molecule has 9 heteroatoms. The Morgan fingerprint density at radius 1 is 1.20 bits per heavy atom. The van der Waals surface area contributed by atoms with Crippen LogP contribution in [0.5, 0.6) is 5.75 Å². The van der Waals surface area contributed by atoms with Crippen molar-refractivity contribution in [2.24, 2.45) is 0 Å². The fourth-order valence-corrected chi connectivity index (χ4v) is 1.70. The zero-order valence-electron chi connectivity index (χ0n) is 9.94. The minimum atomic E-state index is -4.77. The third-order valence-corrected chi connectivity index (χ3v) is 2.75. The molecule has 0 atom stereocenters. The number of carboxylic acid groups (broad SMARTS) is 1. The Labute approximate surface area is 116 Å². The zero-order valence-corrected chi connectivity index (χ0v) is 10.8. The van der Waals surface area contributed by atoms with Crippen molar-refractivity contribution >= 4 is 29.3 Å². The number of benzene rings is 1. The van der Waals surface area contributed by atoms with Crippen LogP contribution in [0.4, 0.5) is 18.9 Å². The molecule has 2 N–H and O–H groups in total. The van der Waals surface area contributed by atoms with Crippen molar-refractivity contribution in [1.82, 2.24) is 0 Å². The van der Waals surface area contributed by atoms with Crippen LogP contribution in [-0.4, -0.2) is 34.9 Å². The topological polar surface area (TPSA) is 75.6 Å². The van der Waals surface area contributed by atoms with Gasteiger partial charge in [-0.05, 0) is 24.3 Å². The number of carboxylic acids is 1. The van der Waals surface area contributed by atoms with E-state index in [9.17, 15) is 22.8 Å². The Kier molecular flexibility index (Phi) is 5.68. The van der Waals surface area contributed by atoms with Gasteiger partial charge in [0.2, 0.25) is 5.91 Å². The lowest BCUT2D eigenvalue weighted by Gasteiger charge is -2.09. The Balaban J connectivity index is 2.45. The molecular formula is C11H10F3NO4S. The first-order valence-corrected chi connectivity index (χ1v) is 6.37. The van der Waals surface area contributed by atoms with Gasteiger partial charge in [0.1, 0.15) is 5.75 Å². The van der Waals surface area contributed by atoms with Gasteiger partial charge in [0, 0.05) is 5.69 Å². The Morgan fingerprint density at radius 3 is 2.30 bits per heavy atom. The van der Waals surface area contributed by atoms with Gasteiger partial charge in [-0.2, -0.15) is 0 Å². The molecule has 0 fully saturated rings. The molecule has 0 aliphatic rings. The van der Waals surface area contributed by atoms with Crippen LogP contribution in [0, 0.1) is 0 Å². The van der Waals surface area contributed by atoms with Gasteiger partial charge in [-0.1, -0.05) is 0 Å². The maximum absolute atomic E-state index is 11.9. The number of hydrogen-bond acceptors (Lipinski definition) is 4. The van der Waals surface area contributed by atoms with E-state index in [1.165, 1.54) is 12.1 Å². The molecule has 0 radical (unpaired) electrons. The Hall–Kier alpha value is -1.90. The number of anilines is 1. The largest absolute Gasteiger partial charge is 0.573 e. The van der Waals surface area contributed by atoms with E-state index in [2.05, 4.69) is 10.1 Å². The van der Waals surface area contributed by atoms with E-state index < -0.39 is 24.0 Å². The van der Waals surface area contributed by atoms with E-state index in [0.29, 0.717) is 5.69 Å². The molecule has 1 rings (SSSR count). The predicted molar refractivity (Wildman–Crippen MR) is 66.7 cm³/mol. The third-order valence-electron chi connectivity index (χ3n) is 1.83. The van der Waals surface area contributed by atoms with Gasteiger partial charge in [-0.3, -0.25) is 9.59 Å². The van der Waals surface area contributed by atoms with Gasteiger partial charge in [0.25, 0.3) is 0 Å². The van der Waals surface area contributed by atoms with Crippen LogP contribution in [-0.2, 0) is 9.59 Å². The first-order chi connectivity index (χ1) is 9.26. The lowest BCUT2D eigenvalue weighted by Crippen LogP contribution is -2.17. The molecule has 0 saturated heterocycles. The Bertz CT molecular complexity index is 476. The van der Waals surface area contributed by atoms with Crippen molar-refractivity contribution in [1.29, 1.82) is 0 Å². The molecule has 0 aromatic heterocycles. The van der Waals surface area contributed by atoms with Gasteiger partial charge in [0.05, 0.1) is 11.5 Å². The lowest BCUT2D eigenvalue weighted by atomic mass is 10.3. The number of rotatable bonds is 6. The molecule has 0 bridgehead atoms. The van der Waals surface area contributed by atoms with Gasteiger partial charge >= 0.3 is 12.3 Å². The van der Waals surface area contributed by atoms with E-state index in [1.54, 1.807) is 0 Å². The highest BCUT2D eigenvalue weighted by Crippen LogP contribution is 2.23. The van der Waals surface area contributed by atoms with E-state index in [4.69, 9.17) is 5.11 Å². The minimum absolute atomic E-state index is 0.0624. The fraction of sp³-hybridized carbons (Fsp3) is 0.273. The summed E-state index contributed by atoms with van der Waals surface area (Å²) in [6.07, 6.45) is -4.77. The SMILES string of the molecule is O=C(O)CSCC(=O)Nc1ccc(OC(F)(F)F)cc1. The zero-order chi connectivity index (χ0) is 15.2. The molecule has 0 unspecified atom stereocenters. The van der Waals surface area contributed by atoms with Crippen LogP contribution in [0.15, 0.2) is 24.3 Å². The lowest BCUT2D eigenvalue weighted by molar-refractivity contribution is -0.274. The van der Waals surface area contributed by atoms with Crippen LogP contribution in [0.3, 0.4) is 0 Å². The molecule has 0 aliphatic carbocycles. The number of ether oxygens (including phenoxy) is 1. The Morgan fingerprint density at radius 2 is 1.80 bits per heavy atom. The molecule has 0 aliphatic heterocycles. The van der Waals surface area contributed by atoms with Crippen molar-refractivity contribution < 1.29 is 32.6 Å². The van der Waals surface area contributed by atoms with Crippen molar-refractivity contribution in [3.8, 4) is 5.75 Å². The summed E-state index contributed by atoms with van der Waals surface area (Å²) in [5.74, 6) is -2.13. The average molecular weight is 309 g/mol. The minimum Gasteiger partial charge on any atom is -0.481 e. The maximum atomic E-state index is 11.9. The standard InChI is InChI=1S/C11H10F3NO4S/c12-11(13,14)19-8-3-1-7(2-4-8)15-9(16)5-20-6-10(17)18/h1-4H,5-6H2,(H,15,16)(H,17,18). The molecule has 0 saturated carbocycles. The number of halogens is 3. The highest BCUT2D eigenvalue weighted by Gasteiger charge is 2.30. The smallest absolute Gasteiger partial charge is 0.481 e. The number of amides is 1. The molecule has 110 valence electrons. The second-order valence-electron chi connectivity index (χ2n) is 3.51. The maximum Gasteiger partial charge on any atom is 0.573 e. The van der Waals surface area contributed by atoms with Gasteiger partial charge in [0.15, 0.2) is 0 Å². The van der Waals surface area contributed by atoms with Crippen molar-refractivity contribution in [3.05, 3.63) is 24.3 Å². The molecule has 1 amide bonds. The summed E-state index contributed by atoms with van der Waals surface area (Å²) in [5.41, 5.74) is 0.292.